The summed E-state index contributed by atoms with van der Waals surface area (Å²) in [6.07, 6.45) is -2.42. The lowest BCUT2D eigenvalue weighted by Crippen LogP contribution is -2.60. The number of hydrogen-bond donors (Lipinski definition) is 3. The molecule has 0 radical (unpaired) electrons. The van der Waals surface area contributed by atoms with Crippen LogP contribution in [-0.4, -0.2) is 68.0 Å². The number of nitrogens with zero attached hydrogens (tertiary/aromatic N) is 4. The van der Waals surface area contributed by atoms with Gasteiger partial charge in [0.2, 0.25) is 5.91 Å². The van der Waals surface area contributed by atoms with Gasteiger partial charge in [-0.25, -0.2) is 4.98 Å². The minimum Gasteiger partial charge on any atom is -0.383 e. The molecule has 1 aliphatic heterocycles. The second-order valence-corrected chi connectivity index (χ2v) is 9.44. The second-order valence-electron chi connectivity index (χ2n) is 9.44. The molecule has 3 aromatic rings. The van der Waals surface area contributed by atoms with Gasteiger partial charge in [0.1, 0.15) is 11.2 Å². The normalized spacial score (nSPS) is 21.1. The van der Waals surface area contributed by atoms with Crippen molar-refractivity contribution in [1.29, 1.82) is 0 Å². The van der Waals surface area contributed by atoms with Crippen molar-refractivity contribution in [2.45, 2.75) is 38.0 Å². The molecule has 13 heteroatoms. The Morgan fingerprint density at radius 3 is 2.46 bits per heavy atom. The van der Waals surface area contributed by atoms with Gasteiger partial charge >= 0.3 is 18.0 Å². The molecule has 0 bridgehead atoms. The van der Waals surface area contributed by atoms with E-state index in [9.17, 15) is 27.6 Å². The van der Waals surface area contributed by atoms with Crippen molar-refractivity contribution in [2.24, 2.45) is 5.41 Å². The molecule has 4 N–H and O–H groups in total. The fraction of sp³-hybridized carbons (Fsp3) is 0.375. The molecule has 3 amide bonds. The molecular formula is C24H24F3N7O3. The molecule has 5 rings (SSSR count). The van der Waals surface area contributed by atoms with E-state index in [0.29, 0.717) is 16.5 Å². The number of pyridine rings is 1. The molecule has 0 unspecified atom stereocenters. The summed E-state index contributed by atoms with van der Waals surface area (Å²) in [7, 11) is 0. The van der Waals surface area contributed by atoms with E-state index in [2.05, 4.69) is 20.5 Å². The van der Waals surface area contributed by atoms with Gasteiger partial charge in [0.25, 0.3) is 0 Å². The van der Waals surface area contributed by atoms with Crippen molar-refractivity contribution in [3.8, 4) is 0 Å². The number of alkyl halides is 3. The van der Waals surface area contributed by atoms with Crippen molar-refractivity contribution in [1.82, 2.24) is 25.0 Å². The number of aromatic amines is 1. The molecule has 3 heterocycles. The molecule has 2 fully saturated rings. The van der Waals surface area contributed by atoms with Crippen LogP contribution in [0.3, 0.4) is 0 Å². The van der Waals surface area contributed by atoms with Crippen molar-refractivity contribution in [3.63, 3.8) is 0 Å². The summed E-state index contributed by atoms with van der Waals surface area (Å²) in [4.78, 5) is 46.0. The Balaban J connectivity index is 1.42. The van der Waals surface area contributed by atoms with E-state index >= 15 is 0 Å². The van der Waals surface area contributed by atoms with Gasteiger partial charge in [-0.15, -0.1) is 0 Å². The summed E-state index contributed by atoms with van der Waals surface area (Å²) in [5.41, 5.74) is 4.62. The number of nitrogens with two attached hydrogens (primary N) is 1. The van der Waals surface area contributed by atoms with Gasteiger partial charge in [0.05, 0.1) is 35.0 Å². The quantitative estimate of drug-likeness (QED) is 0.459. The number of amides is 3. The van der Waals surface area contributed by atoms with Crippen LogP contribution < -0.4 is 11.1 Å². The van der Waals surface area contributed by atoms with Gasteiger partial charge in [-0.2, -0.15) is 18.3 Å². The number of halogens is 3. The average molecular weight is 515 g/mol. The summed E-state index contributed by atoms with van der Waals surface area (Å²) >= 11 is 0. The summed E-state index contributed by atoms with van der Waals surface area (Å²) < 4.78 is 41.1. The minimum absolute atomic E-state index is 0.120. The Kier molecular flexibility index (Phi) is 5.80. The molecule has 1 aromatic carbocycles. The lowest BCUT2D eigenvalue weighted by molar-refractivity contribution is -0.201. The molecule has 1 aliphatic carbocycles. The number of carbonyl (C=O) groups is 3. The highest BCUT2D eigenvalue weighted by Gasteiger charge is 2.70. The molecule has 37 heavy (non-hydrogen) atoms. The number of H-pyrrole nitrogens is 1. The fourth-order valence-corrected chi connectivity index (χ4v) is 4.82. The largest absolute Gasteiger partial charge is 0.403 e. The van der Waals surface area contributed by atoms with Crippen LogP contribution in [0.5, 0.6) is 0 Å². The third kappa shape index (κ3) is 4.13. The maximum absolute atomic E-state index is 13.7. The number of aromatic nitrogens is 3. The smallest absolute Gasteiger partial charge is 0.383 e. The first kappa shape index (κ1) is 24.5. The summed E-state index contributed by atoms with van der Waals surface area (Å²) in [6.45, 7) is 1.28. The molecule has 10 nitrogen and oxygen atoms in total. The SMILES string of the molecule is C[C@@H]1CN(C(=O)C(=O)Nc2cnc(N)c3cn[nH]c23)[C@@H](c2ccccc2)CN1C(=O)C1(C(F)(F)F)CC1. The third-order valence-electron chi connectivity index (χ3n) is 7.11. The summed E-state index contributed by atoms with van der Waals surface area (Å²) in [5, 5.41) is 9.57. The maximum Gasteiger partial charge on any atom is 0.403 e. The predicted molar refractivity (Wildman–Crippen MR) is 127 cm³/mol. The number of nitrogens with one attached hydrogen (secondary N) is 2. The first-order valence-corrected chi connectivity index (χ1v) is 11.7. The van der Waals surface area contributed by atoms with Crippen LogP contribution in [0.25, 0.3) is 10.9 Å². The van der Waals surface area contributed by atoms with E-state index in [1.807, 2.05) is 0 Å². The zero-order valence-corrected chi connectivity index (χ0v) is 19.7. The van der Waals surface area contributed by atoms with Crippen LogP contribution in [0, 0.1) is 5.41 Å². The van der Waals surface area contributed by atoms with E-state index in [-0.39, 0.29) is 37.4 Å². The standard InChI is InChI=1S/C24H24F3N7O3/c1-13-11-34(21(36)20(35)31-16-10-29-19(28)15-9-30-32-18(15)16)17(14-5-3-2-4-6-14)12-33(13)22(37)23(7-8-23)24(25,26)27/h2-6,9-10,13,17H,7-8,11-12H2,1H3,(H2,28,29)(H,30,32)(H,31,35)/t13-,17-/m1/s1. The van der Waals surface area contributed by atoms with E-state index in [1.54, 1.807) is 37.3 Å². The van der Waals surface area contributed by atoms with Gasteiger partial charge in [-0.1, -0.05) is 30.3 Å². The number of benzene rings is 1. The van der Waals surface area contributed by atoms with Crippen LogP contribution in [-0.2, 0) is 14.4 Å². The molecule has 2 aliphatic rings. The Bertz CT molecular complexity index is 1370. The Hall–Kier alpha value is -4.16. The number of piperazine rings is 1. The zero-order valence-electron chi connectivity index (χ0n) is 19.7. The highest BCUT2D eigenvalue weighted by Crippen LogP contribution is 2.59. The van der Waals surface area contributed by atoms with E-state index in [0.717, 1.165) is 0 Å². The molecule has 0 spiro atoms. The molecule has 1 saturated heterocycles. The topological polar surface area (TPSA) is 137 Å². The van der Waals surface area contributed by atoms with E-state index in [4.69, 9.17) is 5.73 Å². The van der Waals surface area contributed by atoms with Gasteiger partial charge in [-0.3, -0.25) is 19.5 Å². The Morgan fingerprint density at radius 1 is 1.11 bits per heavy atom. The van der Waals surface area contributed by atoms with Gasteiger partial charge in [0, 0.05) is 19.1 Å². The highest BCUT2D eigenvalue weighted by atomic mass is 19.4. The maximum atomic E-state index is 13.7. The van der Waals surface area contributed by atoms with Crippen LogP contribution in [0.1, 0.15) is 31.4 Å². The number of hydrogen-bond acceptors (Lipinski definition) is 6. The number of nitrogen functional groups attached to an aromatic ring is 1. The van der Waals surface area contributed by atoms with Gasteiger partial charge < -0.3 is 20.9 Å². The van der Waals surface area contributed by atoms with Gasteiger partial charge in [0.15, 0.2) is 0 Å². The Morgan fingerprint density at radius 2 is 1.81 bits per heavy atom. The van der Waals surface area contributed by atoms with Gasteiger partial charge in [-0.05, 0) is 25.3 Å². The number of anilines is 2. The van der Waals surface area contributed by atoms with E-state index in [1.165, 1.54) is 22.2 Å². The van der Waals surface area contributed by atoms with Crippen LogP contribution >= 0.6 is 0 Å². The van der Waals surface area contributed by atoms with Crippen molar-refractivity contribution in [2.75, 3.05) is 24.1 Å². The number of carbonyl (C=O) groups excluding carboxylic acids is 3. The third-order valence-corrected chi connectivity index (χ3v) is 7.11. The predicted octanol–water partition coefficient (Wildman–Crippen LogP) is 2.62. The minimum atomic E-state index is -4.65. The first-order chi connectivity index (χ1) is 17.5. The van der Waals surface area contributed by atoms with Crippen molar-refractivity contribution >= 4 is 40.1 Å². The fourth-order valence-electron chi connectivity index (χ4n) is 4.82. The van der Waals surface area contributed by atoms with Crippen LogP contribution in [0.2, 0.25) is 0 Å². The molecule has 194 valence electrons. The summed E-state index contributed by atoms with van der Waals surface area (Å²) in [5.74, 6) is -2.66. The molecule has 2 aromatic heterocycles. The van der Waals surface area contributed by atoms with Crippen molar-refractivity contribution in [3.05, 3.63) is 48.3 Å². The molecule has 1 saturated carbocycles. The lowest BCUT2D eigenvalue weighted by atomic mass is 9.96. The first-order valence-electron chi connectivity index (χ1n) is 11.7. The second kappa shape index (κ2) is 8.75. The van der Waals surface area contributed by atoms with Crippen LogP contribution in [0.4, 0.5) is 24.7 Å². The lowest BCUT2D eigenvalue weighted by Gasteiger charge is -2.46. The number of rotatable bonds is 3. The highest BCUT2D eigenvalue weighted by molar-refractivity contribution is 6.40. The van der Waals surface area contributed by atoms with E-state index < -0.39 is 41.4 Å². The number of fused-ring (bicyclic) bond motifs is 1. The average Bonchev–Trinajstić information content (AvgIpc) is 3.55. The Labute approximate surface area is 209 Å². The molecular weight excluding hydrogens is 491 g/mol. The monoisotopic (exact) mass is 515 g/mol. The zero-order chi connectivity index (χ0) is 26.5. The molecule has 2 atom stereocenters. The van der Waals surface area contributed by atoms with Crippen molar-refractivity contribution < 1.29 is 27.6 Å². The van der Waals surface area contributed by atoms with Crippen LogP contribution in [0.15, 0.2) is 42.7 Å². The summed E-state index contributed by atoms with van der Waals surface area (Å²) in [6, 6.07) is 7.04.